The van der Waals surface area contributed by atoms with Crippen LogP contribution in [0.3, 0.4) is 0 Å². The maximum atomic E-state index is 12.5. The molecule has 166 valence electrons. The topological polar surface area (TPSA) is 103 Å². The van der Waals surface area contributed by atoms with E-state index in [2.05, 4.69) is 10.6 Å². The summed E-state index contributed by atoms with van der Waals surface area (Å²) in [7, 11) is 1.57. The third kappa shape index (κ3) is 9.77. The van der Waals surface area contributed by atoms with Gasteiger partial charge in [-0.3, -0.25) is 9.59 Å². The lowest BCUT2D eigenvalue weighted by Gasteiger charge is -2.18. The number of rotatable bonds is 12. The third-order valence-corrected chi connectivity index (χ3v) is 4.26. The van der Waals surface area contributed by atoms with E-state index in [-0.39, 0.29) is 19.6 Å². The highest BCUT2D eigenvalue weighted by Gasteiger charge is 2.25. The zero-order valence-corrected chi connectivity index (χ0v) is 17.5. The molecule has 0 aliphatic heterocycles. The van der Waals surface area contributed by atoms with Crippen molar-refractivity contribution in [2.45, 2.75) is 32.1 Å². The van der Waals surface area contributed by atoms with Crippen LogP contribution in [0, 0.1) is 0 Å². The molecule has 0 aliphatic rings. The van der Waals surface area contributed by atoms with E-state index in [1.165, 1.54) is 0 Å². The summed E-state index contributed by atoms with van der Waals surface area (Å²) in [5.74, 6) is -1.10. The van der Waals surface area contributed by atoms with Gasteiger partial charge in [0.05, 0.1) is 6.42 Å². The number of hydrogen-bond acceptors (Lipinski definition) is 6. The molecule has 2 aromatic rings. The van der Waals surface area contributed by atoms with Crippen LogP contribution in [0.15, 0.2) is 60.7 Å². The molecule has 0 bridgehead atoms. The standard InChI is InChI=1S/C23H28N2O6/c1-29-14-8-13-24-22(27)20(15-21(26)30-16-18-9-4-2-5-10-18)25-23(28)31-17-19-11-6-3-7-12-19/h2-7,9-12,20H,8,13-17H2,1H3,(H,24,27)(H,25,28)/t20-/m0/s1. The Balaban J connectivity index is 1.88. The Bertz CT molecular complexity index is 756. The second-order valence-corrected chi connectivity index (χ2v) is 6.75. The van der Waals surface area contributed by atoms with E-state index in [0.717, 1.165) is 11.1 Å². The lowest BCUT2D eigenvalue weighted by molar-refractivity contribution is -0.147. The van der Waals surface area contributed by atoms with Crippen molar-refractivity contribution in [3.63, 3.8) is 0 Å². The van der Waals surface area contributed by atoms with E-state index in [1.807, 2.05) is 60.7 Å². The first-order valence-electron chi connectivity index (χ1n) is 10.0. The van der Waals surface area contributed by atoms with Crippen LogP contribution in [0.25, 0.3) is 0 Å². The largest absolute Gasteiger partial charge is 0.461 e. The molecule has 8 heteroatoms. The molecule has 0 saturated carbocycles. The number of nitrogens with one attached hydrogen (secondary N) is 2. The van der Waals surface area contributed by atoms with Crippen molar-refractivity contribution in [3.8, 4) is 0 Å². The Hall–Kier alpha value is -3.39. The summed E-state index contributed by atoms with van der Waals surface area (Å²) in [5.41, 5.74) is 1.63. The lowest BCUT2D eigenvalue weighted by atomic mass is 10.2. The average molecular weight is 428 g/mol. The first kappa shape index (κ1) is 23.9. The lowest BCUT2D eigenvalue weighted by Crippen LogP contribution is -2.48. The number of amides is 2. The van der Waals surface area contributed by atoms with Crippen molar-refractivity contribution in [2.24, 2.45) is 0 Å². The second-order valence-electron chi connectivity index (χ2n) is 6.75. The van der Waals surface area contributed by atoms with E-state index in [9.17, 15) is 14.4 Å². The van der Waals surface area contributed by atoms with Crippen molar-refractivity contribution in [1.82, 2.24) is 10.6 Å². The van der Waals surface area contributed by atoms with Crippen molar-refractivity contribution in [1.29, 1.82) is 0 Å². The molecule has 0 aromatic heterocycles. The van der Waals surface area contributed by atoms with Crippen LogP contribution in [0.5, 0.6) is 0 Å². The number of carbonyl (C=O) groups excluding carboxylic acids is 3. The van der Waals surface area contributed by atoms with Gasteiger partial charge in [0.25, 0.3) is 0 Å². The van der Waals surface area contributed by atoms with Gasteiger partial charge in [0.1, 0.15) is 19.3 Å². The highest BCUT2D eigenvalue weighted by atomic mass is 16.5. The summed E-state index contributed by atoms with van der Waals surface area (Å²) in [5, 5.41) is 5.13. The van der Waals surface area contributed by atoms with Gasteiger partial charge < -0.3 is 24.8 Å². The molecule has 2 N–H and O–H groups in total. The molecular formula is C23H28N2O6. The molecule has 0 heterocycles. The molecule has 1 atom stereocenters. The molecule has 31 heavy (non-hydrogen) atoms. The van der Waals surface area contributed by atoms with E-state index in [4.69, 9.17) is 14.2 Å². The van der Waals surface area contributed by atoms with Crippen LogP contribution in [0.2, 0.25) is 0 Å². The second kappa shape index (κ2) is 13.8. The van der Waals surface area contributed by atoms with Gasteiger partial charge in [0, 0.05) is 20.3 Å². The highest BCUT2D eigenvalue weighted by Crippen LogP contribution is 2.05. The fourth-order valence-electron chi connectivity index (χ4n) is 2.63. The molecule has 0 aliphatic carbocycles. The fourth-order valence-corrected chi connectivity index (χ4v) is 2.63. The third-order valence-electron chi connectivity index (χ3n) is 4.26. The maximum Gasteiger partial charge on any atom is 0.408 e. The zero-order chi connectivity index (χ0) is 22.3. The van der Waals surface area contributed by atoms with E-state index >= 15 is 0 Å². The van der Waals surface area contributed by atoms with Gasteiger partial charge in [-0.05, 0) is 17.5 Å². The SMILES string of the molecule is COCCCNC(=O)[C@H](CC(=O)OCc1ccccc1)NC(=O)OCc1ccccc1. The van der Waals surface area contributed by atoms with Gasteiger partial charge in [0.15, 0.2) is 0 Å². The molecular weight excluding hydrogens is 400 g/mol. The minimum absolute atomic E-state index is 0.0489. The minimum atomic E-state index is -1.12. The maximum absolute atomic E-state index is 12.5. The Kier molecular flexibility index (Phi) is 10.6. The Morgan fingerprint density at radius 3 is 2.03 bits per heavy atom. The van der Waals surface area contributed by atoms with E-state index < -0.39 is 24.0 Å². The van der Waals surface area contributed by atoms with Crippen LogP contribution in [-0.4, -0.2) is 44.3 Å². The quantitative estimate of drug-likeness (QED) is 0.398. The zero-order valence-electron chi connectivity index (χ0n) is 17.5. The predicted octanol–water partition coefficient (Wildman–Crippen LogP) is 2.57. The predicted molar refractivity (Wildman–Crippen MR) is 114 cm³/mol. The molecule has 0 radical (unpaired) electrons. The average Bonchev–Trinajstić information content (AvgIpc) is 2.80. The minimum Gasteiger partial charge on any atom is -0.461 e. The first-order chi connectivity index (χ1) is 15.1. The summed E-state index contributed by atoms with van der Waals surface area (Å²) in [4.78, 5) is 36.9. The molecule has 2 rings (SSSR count). The Morgan fingerprint density at radius 1 is 0.871 bits per heavy atom. The van der Waals surface area contributed by atoms with Gasteiger partial charge in [-0.1, -0.05) is 60.7 Å². The molecule has 0 saturated heterocycles. The van der Waals surface area contributed by atoms with Crippen LogP contribution in [-0.2, 0) is 37.0 Å². The molecule has 2 aromatic carbocycles. The van der Waals surface area contributed by atoms with Crippen molar-refractivity contribution >= 4 is 18.0 Å². The fraction of sp³-hybridized carbons (Fsp3) is 0.348. The normalized spacial score (nSPS) is 11.3. The smallest absolute Gasteiger partial charge is 0.408 e. The summed E-state index contributed by atoms with van der Waals surface area (Å²) in [6.07, 6.45) is -0.508. The summed E-state index contributed by atoms with van der Waals surface area (Å²) in [6, 6.07) is 17.2. The number of alkyl carbamates (subject to hydrolysis) is 1. The van der Waals surface area contributed by atoms with Crippen LogP contribution >= 0.6 is 0 Å². The van der Waals surface area contributed by atoms with Gasteiger partial charge in [0.2, 0.25) is 5.91 Å². The van der Waals surface area contributed by atoms with Crippen molar-refractivity contribution in [3.05, 3.63) is 71.8 Å². The van der Waals surface area contributed by atoms with Crippen LogP contribution < -0.4 is 10.6 Å². The van der Waals surface area contributed by atoms with Crippen LogP contribution in [0.1, 0.15) is 24.0 Å². The van der Waals surface area contributed by atoms with E-state index in [0.29, 0.717) is 19.6 Å². The number of benzene rings is 2. The van der Waals surface area contributed by atoms with E-state index in [1.54, 1.807) is 7.11 Å². The Morgan fingerprint density at radius 2 is 1.45 bits per heavy atom. The Labute approximate surface area is 181 Å². The molecule has 0 unspecified atom stereocenters. The molecule has 0 spiro atoms. The van der Waals surface area contributed by atoms with Gasteiger partial charge >= 0.3 is 12.1 Å². The van der Waals surface area contributed by atoms with Crippen molar-refractivity contribution < 1.29 is 28.6 Å². The summed E-state index contributed by atoms with van der Waals surface area (Å²) in [6.45, 7) is 0.965. The van der Waals surface area contributed by atoms with Gasteiger partial charge in [-0.25, -0.2) is 4.79 Å². The number of hydrogen-bond donors (Lipinski definition) is 2. The molecule has 8 nitrogen and oxygen atoms in total. The monoisotopic (exact) mass is 428 g/mol. The van der Waals surface area contributed by atoms with Crippen molar-refractivity contribution in [2.75, 3.05) is 20.3 Å². The van der Waals surface area contributed by atoms with Gasteiger partial charge in [-0.15, -0.1) is 0 Å². The number of methoxy groups -OCH3 is 1. The summed E-state index contributed by atoms with van der Waals surface area (Å²) < 4.78 is 15.3. The molecule has 0 fully saturated rings. The molecule has 2 amide bonds. The summed E-state index contributed by atoms with van der Waals surface area (Å²) >= 11 is 0. The number of carbonyl (C=O) groups is 3. The highest BCUT2D eigenvalue weighted by molar-refractivity contribution is 5.89. The first-order valence-corrected chi connectivity index (χ1v) is 10.0. The number of ether oxygens (including phenoxy) is 3. The van der Waals surface area contributed by atoms with Gasteiger partial charge in [-0.2, -0.15) is 0 Å². The van der Waals surface area contributed by atoms with Crippen LogP contribution in [0.4, 0.5) is 4.79 Å². The number of esters is 1.